The van der Waals surface area contributed by atoms with Crippen LogP contribution in [0.25, 0.3) is 33.2 Å². The number of nitrogens with zero attached hydrogens (tertiary/aromatic N) is 6. The summed E-state index contributed by atoms with van der Waals surface area (Å²) in [6.07, 6.45) is 4.66. The highest BCUT2D eigenvalue weighted by Crippen LogP contribution is 2.33. The summed E-state index contributed by atoms with van der Waals surface area (Å²) in [5, 5.41) is 11.1. The molecule has 51 heavy (non-hydrogen) atoms. The van der Waals surface area contributed by atoms with Crippen LogP contribution in [0.2, 0.25) is 0 Å². The SMILES string of the molecule is CC(C)(C)OC(=O)N1CC=C(C(=O)c2nc(-c3ccc4c(C#N)cn(Cc5ccccc5)c4c3)c3ccn(S(=O)(=O)c4ccccc4)c3n2)CC1. The van der Waals surface area contributed by atoms with E-state index in [1.165, 1.54) is 23.2 Å². The van der Waals surface area contributed by atoms with Gasteiger partial charge >= 0.3 is 6.09 Å². The Balaban J connectivity index is 1.35. The standard InChI is InChI=1S/C39H34N6O5S/c1-39(2,3)50-38(47)43-19-16-27(17-20-43)35(46)36-41-34(32-18-21-45(37(32)42-36)51(48,49)30-12-8-5-9-13-30)28-14-15-31-29(23-40)25-44(33(31)22-28)24-26-10-6-4-7-11-26/h4-16,18,21-22,25H,17,19-20,24H2,1-3H3. The van der Waals surface area contributed by atoms with Crippen molar-refractivity contribution in [3.8, 4) is 17.3 Å². The van der Waals surface area contributed by atoms with Crippen molar-refractivity contribution in [2.24, 2.45) is 0 Å². The van der Waals surface area contributed by atoms with Crippen molar-refractivity contribution in [1.82, 2.24) is 23.4 Å². The number of amides is 1. The molecule has 1 aliphatic rings. The lowest BCUT2D eigenvalue weighted by Crippen LogP contribution is -2.39. The van der Waals surface area contributed by atoms with Gasteiger partial charge in [-0.1, -0.05) is 66.7 Å². The highest BCUT2D eigenvalue weighted by molar-refractivity contribution is 7.90. The third-order valence-electron chi connectivity index (χ3n) is 8.64. The number of aromatic nitrogens is 4. The van der Waals surface area contributed by atoms with Crippen molar-refractivity contribution >= 4 is 43.8 Å². The zero-order chi connectivity index (χ0) is 35.9. The molecule has 0 aliphatic carbocycles. The topological polar surface area (TPSA) is 140 Å². The number of carbonyl (C=O) groups excluding carboxylic acids is 2. The van der Waals surface area contributed by atoms with Crippen LogP contribution in [-0.4, -0.2) is 62.4 Å². The molecule has 6 aromatic rings. The monoisotopic (exact) mass is 698 g/mol. The number of rotatable bonds is 7. The van der Waals surface area contributed by atoms with Gasteiger partial charge in [0, 0.05) is 53.9 Å². The molecule has 256 valence electrons. The zero-order valence-corrected chi connectivity index (χ0v) is 29.1. The van der Waals surface area contributed by atoms with Gasteiger partial charge in [0.05, 0.1) is 21.7 Å². The van der Waals surface area contributed by atoms with Crippen molar-refractivity contribution < 1.29 is 22.7 Å². The number of carbonyl (C=O) groups is 2. The number of benzene rings is 3. The van der Waals surface area contributed by atoms with Gasteiger partial charge in [-0.2, -0.15) is 5.26 Å². The Hall–Kier alpha value is -6.06. The molecule has 0 bridgehead atoms. The number of ether oxygens (including phenoxy) is 1. The molecule has 0 fully saturated rings. The van der Waals surface area contributed by atoms with Crippen LogP contribution in [0.3, 0.4) is 0 Å². The maximum Gasteiger partial charge on any atom is 0.410 e. The first-order chi connectivity index (χ1) is 24.4. The van der Waals surface area contributed by atoms with Crippen molar-refractivity contribution in [2.75, 3.05) is 13.1 Å². The Bertz CT molecular complexity index is 2510. The van der Waals surface area contributed by atoms with Crippen LogP contribution in [0.15, 0.2) is 114 Å². The van der Waals surface area contributed by atoms with E-state index in [2.05, 4.69) is 11.1 Å². The maximum atomic E-state index is 14.1. The molecule has 7 rings (SSSR count). The number of nitriles is 1. The van der Waals surface area contributed by atoms with Gasteiger partial charge < -0.3 is 14.2 Å². The first-order valence-electron chi connectivity index (χ1n) is 16.4. The Morgan fingerprint density at radius 2 is 1.67 bits per heavy atom. The molecule has 0 radical (unpaired) electrons. The lowest BCUT2D eigenvalue weighted by Gasteiger charge is -2.29. The average molecular weight is 699 g/mol. The molecule has 3 aromatic heterocycles. The summed E-state index contributed by atoms with van der Waals surface area (Å²) in [5.41, 5.74) is 3.13. The summed E-state index contributed by atoms with van der Waals surface area (Å²) in [5.74, 6) is -0.637. The highest BCUT2D eigenvalue weighted by Gasteiger charge is 2.29. The second-order valence-electron chi connectivity index (χ2n) is 13.3. The average Bonchev–Trinajstić information content (AvgIpc) is 3.72. The molecule has 1 aliphatic heterocycles. The van der Waals surface area contributed by atoms with Gasteiger partial charge in [-0.25, -0.2) is 27.2 Å². The van der Waals surface area contributed by atoms with Crippen molar-refractivity contribution in [3.63, 3.8) is 0 Å². The summed E-state index contributed by atoms with van der Waals surface area (Å²) < 4.78 is 36.3. The van der Waals surface area contributed by atoms with Crippen LogP contribution in [-0.2, 0) is 21.3 Å². The molecule has 0 spiro atoms. The quantitative estimate of drug-likeness (QED) is 0.163. The van der Waals surface area contributed by atoms with Crippen LogP contribution < -0.4 is 0 Å². The fraction of sp³-hybridized carbons (Fsp3) is 0.205. The lowest BCUT2D eigenvalue weighted by atomic mass is 10.0. The van der Waals surface area contributed by atoms with Gasteiger partial charge in [-0.05, 0) is 57.0 Å². The number of fused-ring (bicyclic) bond motifs is 2. The molecule has 12 heteroatoms. The number of hydrogen-bond donors (Lipinski definition) is 0. The van der Waals surface area contributed by atoms with Gasteiger partial charge in [0.25, 0.3) is 10.0 Å². The van der Waals surface area contributed by atoms with Crippen molar-refractivity contribution in [3.05, 3.63) is 126 Å². The third kappa shape index (κ3) is 6.51. The van der Waals surface area contributed by atoms with Crippen LogP contribution in [0.5, 0.6) is 0 Å². The van der Waals surface area contributed by atoms with Gasteiger partial charge in [0.15, 0.2) is 5.65 Å². The minimum atomic E-state index is -4.09. The van der Waals surface area contributed by atoms with Gasteiger partial charge in [0.1, 0.15) is 11.7 Å². The number of ketones is 1. The highest BCUT2D eigenvalue weighted by atomic mass is 32.2. The van der Waals surface area contributed by atoms with E-state index in [4.69, 9.17) is 9.72 Å². The zero-order valence-electron chi connectivity index (χ0n) is 28.3. The predicted octanol–water partition coefficient (Wildman–Crippen LogP) is 6.96. The van der Waals surface area contributed by atoms with E-state index in [9.17, 15) is 23.3 Å². The fourth-order valence-corrected chi connectivity index (χ4v) is 7.48. The number of hydrogen-bond acceptors (Lipinski definition) is 8. The third-order valence-corrected chi connectivity index (χ3v) is 10.3. The van der Waals surface area contributed by atoms with E-state index >= 15 is 0 Å². The van der Waals surface area contributed by atoms with Gasteiger partial charge in [0.2, 0.25) is 11.6 Å². The van der Waals surface area contributed by atoms with E-state index in [1.54, 1.807) is 51.1 Å². The fourth-order valence-electron chi connectivity index (χ4n) is 6.16. The summed E-state index contributed by atoms with van der Waals surface area (Å²) in [4.78, 5) is 37.7. The predicted molar refractivity (Wildman–Crippen MR) is 193 cm³/mol. The van der Waals surface area contributed by atoms with E-state index in [-0.39, 0.29) is 35.9 Å². The minimum Gasteiger partial charge on any atom is -0.444 e. The summed E-state index contributed by atoms with van der Waals surface area (Å²) in [6.45, 7) is 6.32. The Kier molecular flexibility index (Phi) is 8.52. The molecule has 11 nitrogen and oxygen atoms in total. The second kappa shape index (κ2) is 13.0. The van der Waals surface area contributed by atoms with Crippen LogP contribution in [0.1, 0.15) is 48.9 Å². The molecule has 1 amide bonds. The largest absolute Gasteiger partial charge is 0.444 e. The van der Waals surface area contributed by atoms with E-state index in [0.29, 0.717) is 34.3 Å². The first kappa shape index (κ1) is 33.4. The van der Waals surface area contributed by atoms with E-state index < -0.39 is 27.5 Å². The molecule has 3 aromatic carbocycles. The summed E-state index contributed by atoms with van der Waals surface area (Å²) in [6, 6.07) is 27.4. The van der Waals surface area contributed by atoms with E-state index in [0.717, 1.165) is 20.4 Å². The molecule has 4 heterocycles. The van der Waals surface area contributed by atoms with Crippen LogP contribution in [0, 0.1) is 11.3 Å². The maximum absolute atomic E-state index is 14.1. The summed E-state index contributed by atoms with van der Waals surface area (Å²) in [7, 11) is -4.09. The Morgan fingerprint density at radius 1 is 0.941 bits per heavy atom. The van der Waals surface area contributed by atoms with Gasteiger partial charge in [-0.15, -0.1) is 0 Å². The van der Waals surface area contributed by atoms with Gasteiger partial charge in [-0.3, -0.25) is 4.79 Å². The molecule has 0 N–H and O–H groups in total. The first-order valence-corrected chi connectivity index (χ1v) is 17.9. The van der Waals surface area contributed by atoms with Crippen molar-refractivity contribution in [2.45, 2.75) is 44.2 Å². The Labute approximate surface area is 295 Å². The molecule has 0 saturated heterocycles. The van der Waals surface area contributed by atoms with Crippen LogP contribution in [0.4, 0.5) is 4.79 Å². The Morgan fingerprint density at radius 3 is 2.33 bits per heavy atom. The molecule has 0 saturated carbocycles. The minimum absolute atomic E-state index is 0.0523. The molecule has 0 unspecified atom stereocenters. The number of Topliss-reactive ketones (excluding diaryl/α,β-unsaturated/α-hetero) is 1. The van der Waals surface area contributed by atoms with E-state index in [1.807, 2.05) is 59.3 Å². The molecular formula is C39H34N6O5S. The van der Waals surface area contributed by atoms with Crippen LogP contribution >= 0.6 is 0 Å². The normalized spacial score (nSPS) is 13.6. The lowest BCUT2D eigenvalue weighted by molar-refractivity contribution is 0.0264. The summed E-state index contributed by atoms with van der Waals surface area (Å²) >= 11 is 0. The molecule has 0 atom stereocenters. The van der Waals surface area contributed by atoms with Crippen molar-refractivity contribution in [1.29, 1.82) is 5.26 Å². The second-order valence-corrected chi connectivity index (χ2v) is 15.1. The smallest absolute Gasteiger partial charge is 0.410 e. The molecular weight excluding hydrogens is 665 g/mol.